The topological polar surface area (TPSA) is 53.4 Å². The zero-order valence-electron chi connectivity index (χ0n) is 18.1. The predicted molar refractivity (Wildman–Crippen MR) is 126 cm³/mol. The quantitative estimate of drug-likeness (QED) is 0.685. The summed E-state index contributed by atoms with van der Waals surface area (Å²) >= 11 is 12.6. The highest BCUT2D eigenvalue weighted by molar-refractivity contribution is 6.43. The van der Waals surface area contributed by atoms with E-state index in [-0.39, 0.29) is 5.91 Å². The third-order valence-electron chi connectivity index (χ3n) is 6.78. The van der Waals surface area contributed by atoms with Crippen molar-refractivity contribution < 1.29 is 4.79 Å². The van der Waals surface area contributed by atoms with Gasteiger partial charge in [0.15, 0.2) is 0 Å². The van der Waals surface area contributed by atoms with E-state index in [1.54, 1.807) is 13.2 Å². The molecule has 2 fully saturated rings. The molecule has 8 heteroatoms. The molecule has 0 bridgehead atoms. The Balaban J connectivity index is 1.19. The standard InChI is InChI=1S/C23H31Cl2N5O/c1-26-23(31)18-15-27-30(16-18)19-7-5-17(6-8-19)9-10-28-11-13-29(14-12-28)21-4-2-3-20(24)22(21)25/h2-4,15-17,19H,5-14H2,1H3,(H,26,31). The fourth-order valence-electron chi connectivity index (χ4n) is 4.81. The summed E-state index contributed by atoms with van der Waals surface area (Å²) in [6, 6.07) is 6.28. The number of hydrogen-bond acceptors (Lipinski definition) is 4. The van der Waals surface area contributed by atoms with Crippen molar-refractivity contribution in [2.24, 2.45) is 5.92 Å². The maximum Gasteiger partial charge on any atom is 0.254 e. The SMILES string of the molecule is CNC(=O)c1cnn(C2CCC(CCN3CCN(c4cccc(Cl)c4Cl)CC3)CC2)c1. The second-order valence-electron chi connectivity index (χ2n) is 8.65. The molecule has 2 aromatic rings. The highest BCUT2D eigenvalue weighted by Gasteiger charge is 2.25. The summed E-state index contributed by atoms with van der Waals surface area (Å²) in [7, 11) is 1.65. The van der Waals surface area contributed by atoms with E-state index in [1.807, 2.05) is 23.0 Å². The first kappa shape index (κ1) is 22.4. The molecule has 1 N–H and O–H groups in total. The molecule has 1 saturated heterocycles. The van der Waals surface area contributed by atoms with Gasteiger partial charge >= 0.3 is 0 Å². The summed E-state index contributed by atoms with van der Waals surface area (Å²) in [6.45, 7) is 5.26. The number of hydrogen-bond donors (Lipinski definition) is 1. The van der Waals surface area contributed by atoms with Gasteiger partial charge in [-0.05, 0) is 56.7 Å². The van der Waals surface area contributed by atoms with E-state index in [4.69, 9.17) is 23.2 Å². The van der Waals surface area contributed by atoms with Crippen LogP contribution in [0.15, 0.2) is 30.6 Å². The summed E-state index contributed by atoms with van der Waals surface area (Å²) in [6.07, 6.45) is 9.56. The molecule has 168 valence electrons. The molecule has 1 aliphatic carbocycles. The van der Waals surface area contributed by atoms with E-state index in [0.717, 1.165) is 57.2 Å². The van der Waals surface area contributed by atoms with Crippen molar-refractivity contribution in [1.29, 1.82) is 0 Å². The molecule has 2 aliphatic rings. The molecule has 1 saturated carbocycles. The van der Waals surface area contributed by atoms with Crippen LogP contribution in [0, 0.1) is 5.92 Å². The molecule has 6 nitrogen and oxygen atoms in total. The minimum Gasteiger partial charge on any atom is -0.368 e. The lowest BCUT2D eigenvalue weighted by Crippen LogP contribution is -2.47. The summed E-state index contributed by atoms with van der Waals surface area (Å²) in [4.78, 5) is 16.7. The van der Waals surface area contributed by atoms with E-state index in [0.29, 0.717) is 21.7 Å². The van der Waals surface area contributed by atoms with E-state index in [9.17, 15) is 4.79 Å². The van der Waals surface area contributed by atoms with Gasteiger partial charge in [-0.2, -0.15) is 5.10 Å². The Morgan fingerprint density at radius 3 is 2.58 bits per heavy atom. The van der Waals surface area contributed by atoms with Crippen LogP contribution >= 0.6 is 23.2 Å². The number of rotatable bonds is 6. The fraction of sp³-hybridized carbons (Fsp3) is 0.565. The Bertz CT molecular complexity index is 886. The Morgan fingerprint density at radius 1 is 1.13 bits per heavy atom. The number of carbonyl (C=O) groups is 1. The number of nitrogens with zero attached hydrogens (tertiary/aromatic N) is 4. The van der Waals surface area contributed by atoms with Gasteiger partial charge in [-0.15, -0.1) is 0 Å². The van der Waals surface area contributed by atoms with Crippen molar-refractivity contribution in [1.82, 2.24) is 20.0 Å². The molecule has 1 aliphatic heterocycles. The van der Waals surface area contributed by atoms with E-state index in [2.05, 4.69) is 26.3 Å². The number of anilines is 1. The van der Waals surface area contributed by atoms with Crippen LogP contribution in [0.1, 0.15) is 48.5 Å². The van der Waals surface area contributed by atoms with Crippen molar-refractivity contribution in [3.05, 3.63) is 46.2 Å². The van der Waals surface area contributed by atoms with Gasteiger partial charge in [-0.1, -0.05) is 29.3 Å². The highest BCUT2D eigenvalue weighted by Crippen LogP contribution is 2.35. The molecule has 0 radical (unpaired) electrons. The lowest BCUT2D eigenvalue weighted by molar-refractivity contribution is 0.0963. The summed E-state index contributed by atoms with van der Waals surface area (Å²) in [5.74, 6) is 0.711. The minimum atomic E-state index is -0.0716. The van der Waals surface area contributed by atoms with Gasteiger partial charge in [0, 0.05) is 39.4 Å². The fourth-order valence-corrected chi connectivity index (χ4v) is 5.23. The second kappa shape index (κ2) is 10.2. The molecule has 1 amide bonds. The van der Waals surface area contributed by atoms with E-state index in [1.165, 1.54) is 19.3 Å². The Labute approximate surface area is 194 Å². The molecule has 0 spiro atoms. The van der Waals surface area contributed by atoms with Gasteiger partial charge in [0.2, 0.25) is 0 Å². The summed E-state index contributed by atoms with van der Waals surface area (Å²) in [5, 5.41) is 8.36. The summed E-state index contributed by atoms with van der Waals surface area (Å²) in [5.41, 5.74) is 1.69. The number of benzene rings is 1. The molecule has 1 aromatic heterocycles. The smallest absolute Gasteiger partial charge is 0.254 e. The molecular weight excluding hydrogens is 433 g/mol. The molecule has 2 heterocycles. The molecule has 4 rings (SSSR count). The van der Waals surface area contributed by atoms with Crippen molar-refractivity contribution in [2.75, 3.05) is 44.7 Å². The molecule has 0 atom stereocenters. The number of nitrogens with one attached hydrogen (secondary N) is 1. The van der Waals surface area contributed by atoms with Gasteiger partial charge < -0.3 is 10.2 Å². The number of carbonyl (C=O) groups excluding carboxylic acids is 1. The largest absolute Gasteiger partial charge is 0.368 e. The van der Waals surface area contributed by atoms with Gasteiger partial charge in [-0.3, -0.25) is 14.4 Å². The van der Waals surface area contributed by atoms with Crippen molar-refractivity contribution in [2.45, 2.75) is 38.1 Å². The zero-order chi connectivity index (χ0) is 21.8. The Morgan fingerprint density at radius 2 is 1.87 bits per heavy atom. The van der Waals surface area contributed by atoms with Crippen LogP contribution in [0.5, 0.6) is 0 Å². The normalized spacial score (nSPS) is 22.5. The van der Waals surface area contributed by atoms with Gasteiger partial charge in [0.25, 0.3) is 5.91 Å². The first-order valence-corrected chi connectivity index (χ1v) is 12.0. The molecule has 1 aromatic carbocycles. The van der Waals surface area contributed by atoms with Gasteiger partial charge in [-0.25, -0.2) is 0 Å². The number of aromatic nitrogens is 2. The van der Waals surface area contributed by atoms with Crippen LogP contribution in [0.25, 0.3) is 0 Å². The Hall–Kier alpha value is -1.76. The average molecular weight is 464 g/mol. The van der Waals surface area contributed by atoms with Crippen LogP contribution in [0.3, 0.4) is 0 Å². The van der Waals surface area contributed by atoms with Crippen molar-refractivity contribution >= 4 is 34.8 Å². The van der Waals surface area contributed by atoms with Gasteiger partial charge in [0.05, 0.1) is 33.5 Å². The maximum absolute atomic E-state index is 11.7. The average Bonchev–Trinajstić information content (AvgIpc) is 3.30. The van der Waals surface area contributed by atoms with Crippen molar-refractivity contribution in [3.63, 3.8) is 0 Å². The molecule has 0 unspecified atom stereocenters. The lowest BCUT2D eigenvalue weighted by atomic mass is 9.84. The number of halogens is 2. The summed E-state index contributed by atoms with van der Waals surface area (Å²) < 4.78 is 1.99. The first-order chi connectivity index (χ1) is 15.0. The molecule has 31 heavy (non-hydrogen) atoms. The number of piperazine rings is 1. The van der Waals surface area contributed by atoms with Gasteiger partial charge in [0.1, 0.15) is 0 Å². The number of amides is 1. The monoisotopic (exact) mass is 463 g/mol. The van der Waals surface area contributed by atoms with Crippen molar-refractivity contribution in [3.8, 4) is 0 Å². The van der Waals surface area contributed by atoms with Crippen LogP contribution in [0.2, 0.25) is 10.0 Å². The highest BCUT2D eigenvalue weighted by atomic mass is 35.5. The lowest BCUT2D eigenvalue weighted by Gasteiger charge is -2.37. The third-order valence-corrected chi connectivity index (χ3v) is 7.59. The van der Waals surface area contributed by atoms with Crippen LogP contribution in [0.4, 0.5) is 5.69 Å². The first-order valence-electron chi connectivity index (χ1n) is 11.2. The van der Waals surface area contributed by atoms with E-state index >= 15 is 0 Å². The predicted octanol–water partition coefficient (Wildman–Crippen LogP) is 4.49. The maximum atomic E-state index is 11.7. The molecular formula is C23H31Cl2N5O. The third kappa shape index (κ3) is 5.36. The zero-order valence-corrected chi connectivity index (χ0v) is 19.6. The van der Waals surface area contributed by atoms with Crippen LogP contribution in [-0.4, -0.2) is 60.4 Å². The Kier molecular flexibility index (Phi) is 7.41. The van der Waals surface area contributed by atoms with Crippen LogP contribution in [-0.2, 0) is 0 Å². The second-order valence-corrected chi connectivity index (χ2v) is 9.44. The minimum absolute atomic E-state index is 0.0716. The van der Waals surface area contributed by atoms with Crippen LogP contribution < -0.4 is 10.2 Å². The van der Waals surface area contributed by atoms with E-state index < -0.39 is 0 Å².